The van der Waals surface area contributed by atoms with Crippen LogP contribution in [0.25, 0.3) is 0 Å². The summed E-state index contributed by atoms with van der Waals surface area (Å²) in [4.78, 5) is 21.2. The van der Waals surface area contributed by atoms with Gasteiger partial charge in [-0.2, -0.15) is 0 Å². The van der Waals surface area contributed by atoms with E-state index in [0.29, 0.717) is 5.75 Å². The van der Waals surface area contributed by atoms with Gasteiger partial charge in [-0.1, -0.05) is 13.0 Å². The number of benzene rings is 1. The number of carbonyl (C=O) groups excluding carboxylic acids is 1. The first-order valence-corrected chi connectivity index (χ1v) is 11.2. The van der Waals surface area contributed by atoms with E-state index in [4.69, 9.17) is 0 Å². The number of aromatic nitrogens is 1. The van der Waals surface area contributed by atoms with Crippen LogP contribution in [0.1, 0.15) is 31.0 Å². The molecule has 1 atom stereocenters. The monoisotopic (exact) mass is 416 g/mol. The van der Waals surface area contributed by atoms with Crippen LogP contribution in [-0.2, 0) is 10.5 Å². The van der Waals surface area contributed by atoms with Crippen LogP contribution in [0, 0.1) is 5.82 Å². The topological polar surface area (TPSA) is 48.5 Å². The minimum absolute atomic E-state index is 0.0441. The highest BCUT2D eigenvalue weighted by Gasteiger charge is 2.21. The molecule has 2 heterocycles. The van der Waals surface area contributed by atoms with Gasteiger partial charge in [-0.25, -0.2) is 4.39 Å². The highest BCUT2D eigenvalue weighted by Crippen LogP contribution is 2.28. The Bertz CT molecular complexity index is 797. The van der Waals surface area contributed by atoms with Crippen molar-refractivity contribution >= 4 is 23.4 Å². The van der Waals surface area contributed by atoms with Gasteiger partial charge in [0.2, 0.25) is 5.91 Å². The van der Waals surface area contributed by atoms with Gasteiger partial charge in [0.25, 0.3) is 0 Å². The van der Waals surface area contributed by atoms with Crippen LogP contribution in [0.4, 0.5) is 10.1 Å². The maximum Gasteiger partial charge on any atom is 0.230 e. The second kappa shape index (κ2) is 10.6. The number of amides is 1. The van der Waals surface area contributed by atoms with Gasteiger partial charge in [-0.05, 0) is 43.3 Å². The van der Waals surface area contributed by atoms with Crippen molar-refractivity contribution in [2.45, 2.75) is 25.6 Å². The van der Waals surface area contributed by atoms with E-state index in [2.05, 4.69) is 27.0 Å². The van der Waals surface area contributed by atoms with E-state index in [1.165, 1.54) is 6.07 Å². The summed E-state index contributed by atoms with van der Waals surface area (Å²) in [6.45, 7) is 8.96. The van der Waals surface area contributed by atoms with E-state index < -0.39 is 0 Å². The number of rotatable bonds is 8. The average Bonchev–Trinajstić information content (AvgIpc) is 2.74. The molecule has 0 aliphatic carbocycles. The van der Waals surface area contributed by atoms with Crippen LogP contribution >= 0.6 is 11.8 Å². The van der Waals surface area contributed by atoms with Gasteiger partial charge in [0.1, 0.15) is 5.82 Å². The quantitative estimate of drug-likeness (QED) is 0.714. The number of hydrogen-bond acceptors (Lipinski definition) is 5. The Balaban J connectivity index is 1.58. The number of hydrogen-bond donors (Lipinski definition) is 1. The van der Waals surface area contributed by atoms with Crippen molar-refractivity contribution in [3.63, 3.8) is 0 Å². The van der Waals surface area contributed by atoms with E-state index in [-0.39, 0.29) is 17.8 Å². The molecule has 1 N–H and O–H groups in total. The van der Waals surface area contributed by atoms with Gasteiger partial charge in [-0.3, -0.25) is 9.78 Å². The number of likely N-dealkylation sites (N-methyl/N-ethyl adjacent to an activating group) is 1. The number of pyridine rings is 1. The Morgan fingerprint density at radius 3 is 2.76 bits per heavy atom. The maximum absolute atomic E-state index is 14.0. The molecule has 156 valence electrons. The molecule has 1 aromatic carbocycles. The molecule has 1 aliphatic heterocycles. The number of halogens is 1. The summed E-state index contributed by atoms with van der Waals surface area (Å²) in [5.74, 6) is 0.780. The summed E-state index contributed by atoms with van der Waals surface area (Å²) in [5.41, 5.74) is 2.94. The lowest BCUT2D eigenvalue weighted by Gasteiger charge is -2.37. The number of piperazine rings is 1. The molecule has 3 rings (SSSR count). The number of anilines is 1. The average molecular weight is 417 g/mol. The number of nitrogens with zero attached hydrogens (tertiary/aromatic N) is 3. The second-order valence-corrected chi connectivity index (χ2v) is 8.25. The molecule has 0 saturated carbocycles. The molecule has 5 nitrogen and oxygen atoms in total. The lowest BCUT2D eigenvalue weighted by Crippen LogP contribution is -2.46. The Morgan fingerprint density at radius 1 is 1.28 bits per heavy atom. The Hall–Kier alpha value is -2.12. The fraction of sp³-hybridized carbons (Fsp3) is 0.455. The summed E-state index contributed by atoms with van der Waals surface area (Å²) < 4.78 is 14.0. The predicted octanol–water partition coefficient (Wildman–Crippen LogP) is 3.47. The van der Waals surface area contributed by atoms with Gasteiger partial charge in [-0.15, -0.1) is 11.8 Å². The van der Waals surface area contributed by atoms with Crippen LogP contribution < -0.4 is 10.2 Å². The Labute approximate surface area is 176 Å². The third kappa shape index (κ3) is 6.18. The highest BCUT2D eigenvalue weighted by atomic mass is 32.2. The van der Waals surface area contributed by atoms with E-state index in [1.807, 2.05) is 31.3 Å². The minimum atomic E-state index is -0.275. The van der Waals surface area contributed by atoms with Crippen molar-refractivity contribution in [2.75, 3.05) is 43.4 Å². The molecule has 1 saturated heterocycles. The number of carbonyl (C=O) groups is 1. The molecule has 0 radical (unpaired) electrons. The van der Waals surface area contributed by atoms with Crippen molar-refractivity contribution < 1.29 is 9.18 Å². The molecule has 0 spiro atoms. The molecule has 0 bridgehead atoms. The summed E-state index contributed by atoms with van der Waals surface area (Å²) in [6, 6.07) is 8.53. The zero-order valence-corrected chi connectivity index (χ0v) is 17.9. The molecule has 7 heteroatoms. The van der Waals surface area contributed by atoms with Crippen molar-refractivity contribution in [1.29, 1.82) is 0 Å². The number of thioether (sulfide) groups is 1. The van der Waals surface area contributed by atoms with Crippen LogP contribution in [0.2, 0.25) is 0 Å². The largest absolute Gasteiger partial charge is 0.369 e. The lowest BCUT2D eigenvalue weighted by atomic mass is 10.0. The maximum atomic E-state index is 14.0. The first-order valence-electron chi connectivity index (χ1n) is 10.1. The minimum Gasteiger partial charge on any atom is -0.369 e. The first-order chi connectivity index (χ1) is 14.1. The smallest absolute Gasteiger partial charge is 0.230 e. The second-order valence-electron chi connectivity index (χ2n) is 7.27. The summed E-state index contributed by atoms with van der Waals surface area (Å²) in [7, 11) is 0. The summed E-state index contributed by atoms with van der Waals surface area (Å²) >= 11 is 1.55. The van der Waals surface area contributed by atoms with Crippen molar-refractivity contribution in [3.05, 3.63) is 59.7 Å². The van der Waals surface area contributed by atoms with E-state index in [0.717, 1.165) is 55.3 Å². The van der Waals surface area contributed by atoms with E-state index in [9.17, 15) is 9.18 Å². The molecule has 1 aliphatic rings. The van der Waals surface area contributed by atoms with Gasteiger partial charge in [0.05, 0.1) is 11.8 Å². The molecular formula is C22H29FN4OS. The van der Waals surface area contributed by atoms with Gasteiger partial charge in [0.15, 0.2) is 0 Å². The van der Waals surface area contributed by atoms with Crippen LogP contribution in [0.3, 0.4) is 0 Å². The molecular weight excluding hydrogens is 387 g/mol. The van der Waals surface area contributed by atoms with E-state index >= 15 is 0 Å². The number of nitrogens with one attached hydrogen (secondary N) is 1. The molecule has 1 amide bonds. The third-order valence-electron chi connectivity index (χ3n) is 5.22. The summed E-state index contributed by atoms with van der Waals surface area (Å²) in [5, 5.41) is 3.03. The normalized spacial score (nSPS) is 15.9. The molecule has 1 unspecified atom stereocenters. The molecule has 1 fully saturated rings. The van der Waals surface area contributed by atoms with Crippen molar-refractivity contribution in [2.24, 2.45) is 0 Å². The molecule has 29 heavy (non-hydrogen) atoms. The van der Waals surface area contributed by atoms with Crippen molar-refractivity contribution in [3.8, 4) is 0 Å². The predicted molar refractivity (Wildman–Crippen MR) is 118 cm³/mol. The van der Waals surface area contributed by atoms with Crippen LogP contribution in [0.5, 0.6) is 0 Å². The van der Waals surface area contributed by atoms with Crippen LogP contribution in [0.15, 0.2) is 42.7 Å². The lowest BCUT2D eigenvalue weighted by molar-refractivity contribution is -0.119. The van der Waals surface area contributed by atoms with E-state index in [1.54, 1.807) is 24.0 Å². The fourth-order valence-corrected chi connectivity index (χ4v) is 4.35. The van der Waals surface area contributed by atoms with Gasteiger partial charge in [0, 0.05) is 55.6 Å². The van der Waals surface area contributed by atoms with Crippen molar-refractivity contribution in [1.82, 2.24) is 15.2 Å². The first kappa shape index (κ1) is 21.6. The highest BCUT2D eigenvalue weighted by molar-refractivity contribution is 7.99. The fourth-order valence-electron chi connectivity index (χ4n) is 3.57. The zero-order chi connectivity index (χ0) is 20.6. The molecule has 2 aromatic rings. The third-order valence-corrected chi connectivity index (χ3v) is 6.22. The summed E-state index contributed by atoms with van der Waals surface area (Å²) in [6.07, 6.45) is 3.55. The zero-order valence-electron chi connectivity index (χ0n) is 17.1. The van der Waals surface area contributed by atoms with Gasteiger partial charge < -0.3 is 15.1 Å². The van der Waals surface area contributed by atoms with Gasteiger partial charge >= 0.3 is 0 Å². The Morgan fingerprint density at radius 2 is 2.07 bits per heavy atom. The molecule has 1 aromatic heterocycles. The standard InChI is InChI=1S/C22H29FN4OS/c1-3-26-9-11-27(12-10-26)21-7-6-19(23)13-20(21)17(2)25-22(28)16-29-15-18-5-4-8-24-14-18/h4-8,13-14,17H,3,9-12,15-16H2,1-2H3,(H,25,28). The SMILES string of the molecule is CCN1CCN(c2ccc(F)cc2C(C)NC(=O)CSCc2cccnc2)CC1. The Kier molecular flexibility index (Phi) is 7.89. The van der Waals surface area contributed by atoms with Crippen LogP contribution in [-0.4, -0.2) is 54.3 Å².